The van der Waals surface area contributed by atoms with Crippen molar-refractivity contribution in [3.8, 4) is 0 Å². The van der Waals surface area contributed by atoms with Crippen molar-refractivity contribution in [3.63, 3.8) is 0 Å². The largest absolute Gasteiger partial charge is 0.456 e. The van der Waals surface area contributed by atoms with E-state index in [2.05, 4.69) is 16.1 Å². The average Bonchev–Trinajstić information content (AvgIpc) is 3.22. The first kappa shape index (κ1) is 51.1. The fraction of sp³-hybridized carbons (Fsp3) is 0.545. The molecule has 2 bridgehead atoms. The van der Waals surface area contributed by atoms with Gasteiger partial charge in [0.2, 0.25) is 11.8 Å². The number of carbonyl (C=O) groups is 6. The summed E-state index contributed by atoms with van der Waals surface area (Å²) >= 11 is 0. The van der Waals surface area contributed by atoms with E-state index in [1.165, 1.54) is 44.3 Å². The van der Waals surface area contributed by atoms with E-state index in [9.17, 15) is 37.9 Å². The van der Waals surface area contributed by atoms with E-state index >= 15 is 0 Å². The van der Waals surface area contributed by atoms with Gasteiger partial charge in [0.05, 0.1) is 19.1 Å². The first-order valence-corrected chi connectivity index (χ1v) is 20.4. The molecule has 3 rings (SSSR count). The Labute approximate surface area is 352 Å². The highest BCUT2D eigenvalue weighted by molar-refractivity contribution is 5.93. The number of aliphatic hydroxyl groups is 1. The molecule has 1 saturated heterocycles. The highest BCUT2D eigenvalue weighted by Crippen LogP contribution is 2.23. The molecule has 6 unspecified atom stereocenters. The second-order valence-electron chi connectivity index (χ2n) is 15.2. The number of allylic oxidation sites excluding steroid dienone is 5. The number of rotatable bonds is 9. The van der Waals surface area contributed by atoms with E-state index in [4.69, 9.17) is 14.4 Å². The van der Waals surface area contributed by atoms with Gasteiger partial charge in [-0.25, -0.2) is 19.3 Å². The van der Waals surface area contributed by atoms with Gasteiger partial charge < -0.3 is 25.3 Å². The van der Waals surface area contributed by atoms with E-state index in [0.29, 0.717) is 37.7 Å². The van der Waals surface area contributed by atoms with Gasteiger partial charge in [0.15, 0.2) is 11.6 Å². The number of hydrogen-bond donors (Lipinski definition) is 4. The fourth-order valence-electron chi connectivity index (χ4n) is 6.55. The second-order valence-corrected chi connectivity index (χ2v) is 15.2. The number of aldehydes is 1. The molecule has 1 aromatic rings. The van der Waals surface area contributed by atoms with Crippen molar-refractivity contribution in [2.24, 2.45) is 17.8 Å². The lowest BCUT2D eigenvalue weighted by atomic mass is 9.85. The average molecular weight is 844 g/mol. The molecule has 16 heteroatoms. The van der Waals surface area contributed by atoms with Gasteiger partial charge >= 0.3 is 5.97 Å². The number of hydrogen-bond acceptors (Lipinski definition) is 10. The number of likely N-dealkylation sites (N-methyl/N-ethyl adjacent to an activating group) is 1. The molecule has 14 nitrogen and oxygen atoms in total. The first-order chi connectivity index (χ1) is 28.5. The Kier molecular flexibility index (Phi) is 22.3. The Balaban J connectivity index is 0.00000401. The zero-order chi connectivity index (χ0) is 44.9. The van der Waals surface area contributed by atoms with Gasteiger partial charge in [0, 0.05) is 32.5 Å². The van der Waals surface area contributed by atoms with Crippen molar-refractivity contribution in [1.29, 1.82) is 0 Å². The number of hydrazine groups is 1. The molecule has 2 aliphatic rings. The SMILES string of the molecule is CC=O.CCCC1C(=O)NC(C(C)C)C(=O)NC(Cc2ccc(F)c(F)c2)C(=O)N2CCCC(N2)C(=O)O[C@H](/C(C)=C/C=C/C(=O)N(C)OC)C/C=C/C=C/CC(C)C1O. The Morgan fingerprint density at radius 2 is 1.75 bits per heavy atom. The number of halogens is 2. The Bertz CT molecular complexity index is 1730. The molecule has 0 radical (unpaired) electrons. The number of fused-ring (bicyclic) bond motifs is 2. The standard InChI is InChI=1S/C42H59F2N5O8.C2H4O/c1-8-15-30-38(51)28(5)16-11-9-10-12-19-35(27(4)17-13-20-36(50)48(6)56-7)57-42(55)33-18-14-23-49(47-33)41(54)34(25-29-21-22-31(43)32(44)24-29)45-40(53)37(26(2)3)46-39(30)52;1-2-3/h9-13,17,20-22,24,26,28,30,33-35,37-38,47,51H,8,14-16,18-19,23,25H2,1-7H3,(H,45,53)(H,46,52);2H,1H3/b11-9+,12-10+,20-13+,27-17+;/t28?,30?,33?,34?,35-,37?,38?;/m0./s1. The quantitative estimate of drug-likeness (QED) is 0.0903. The van der Waals surface area contributed by atoms with Crippen LogP contribution in [0.2, 0.25) is 0 Å². The molecular weight excluding hydrogens is 781 g/mol. The van der Waals surface area contributed by atoms with Crippen LogP contribution in [0, 0.1) is 29.4 Å². The summed E-state index contributed by atoms with van der Waals surface area (Å²) in [6.45, 7) is 10.6. The predicted molar refractivity (Wildman–Crippen MR) is 222 cm³/mol. The smallest absolute Gasteiger partial charge is 0.325 e. The Morgan fingerprint density at radius 3 is 2.37 bits per heavy atom. The lowest BCUT2D eigenvalue weighted by molar-refractivity contribution is -0.162. The van der Waals surface area contributed by atoms with E-state index < -0.39 is 83.4 Å². The molecule has 60 heavy (non-hydrogen) atoms. The summed E-state index contributed by atoms with van der Waals surface area (Å²) in [5, 5.41) is 19.2. The van der Waals surface area contributed by atoms with Crippen LogP contribution in [0.1, 0.15) is 85.6 Å². The summed E-state index contributed by atoms with van der Waals surface area (Å²) in [5.41, 5.74) is 3.80. The van der Waals surface area contributed by atoms with Gasteiger partial charge in [-0.15, -0.1) is 0 Å². The number of esters is 1. The maximum Gasteiger partial charge on any atom is 0.325 e. The molecule has 0 aliphatic carbocycles. The van der Waals surface area contributed by atoms with Crippen LogP contribution in [0.15, 0.2) is 66.3 Å². The zero-order valence-electron chi connectivity index (χ0n) is 36.0. The van der Waals surface area contributed by atoms with Crippen LogP contribution < -0.4 is 16.1 Å². The van der Waals surface area contributed by atoms with E-state index in [-0.39, 0.29) is 30.9 Å². The molecule has 2 heterocycles. The topological polar surface area (TPSA) is 184 Å². The van der Waals surface area contributed by atoms with E-state index in [1.807, 2.05) is 32.1 Å². The molecule has 332 valence electrons. The molecule has 4 N–H and O–H groups in total. The molecule has 1 aromatic carbocycles. The number of carbonyl (C=O) groups excluding carboxylic acids is 6. The number of aliphatic hydroxyl groups excluding tert-OH is 1. The number of hydroxylamine groups is 2. The lowest BCUT2D eigenvalue weighted by Gasteiger charge is -2.36. The van der Waals surface area contributed by atoms with Gasteiger partial charge in [-0.2, -0.15) is 0 Å². The number of cyclic esters (lactones) is 1. The normalized spacial score (nSPS) is 26.4. The third kappa shape index (κ3) is 16.2. The summed E-state index contributed by atoms with van der Waals surface area (Å²) in [7, 11) is 2.83. The first-order valence-electron chi connectivity index (χ1n) is 20.4. The van der Waals surface area contributed by atoms with Crippen molar-refractivity contribution in [3.05, 3.63) is 83.5 Å². The number of ether oxygens (including phenoxy) is 1. The lowest BCUT2D eigenvalue weighted by Crippen LogP contribution is -2.62. The van der Waals surface area contributed by atoms with E-state index in [0.717, 1.165) is 23.5 Å². The van der Waals surface area contributed by atoms with Crippen LogP contribution in [-0.4, -0.2) is 102 Å². The monoisotopic (exact) mass is 843 g/mol. The van der Waals surface area contributed by atoms with Crippen molar-refractivity contribution in [2.45, 2.75) is 117 Å². The number of nitrogens with zero attached hydrogens (tertiary/aromatic N) is 2. The maximum atomic E-state index is 14.3. The number of amides is 4. The van der Waals surface area contributed by atoms with Gasteiger partial charge in [0.1, 0.15) is 30.5 Å². The van der Waals surface area contributed by atoms with Crippen LogP contribution in [0.25, 0.3) is 0 Å². The molecule has 0 spiro atoms. The van der Waals surface area contributed by atoms with Crippen molar-refractivity contribution in [2.75, 3.05) is 20.7 Å². The molecule has 7 atom stereocenters. The minimum Gasteiger partial charge on any atom is -0.456 e. The van der Waals surface area contributed by atoms with Crippen LogP contribution in [0.5, 0.6) is 0 Å². The minimum atomic E-state index is -1.32. The zero-order valence-corrected chi connectivity index (χ0v) is 36.0. The summed E-state index contributed by atoms with van der Waals surface area (Å²) in [4.78, 5) is 81.6. The number of benzene rings is 1. The third-order valence-electron chi connectivity index (χ3n) is 10.1. The van der Waals surface area contributed by atoms with Crippen molar-refractivity contribution < 1.29 is 52.2 Å². The molecule has 0 saturated carbocycles. The Morgan fingerprint density at radius 1 is 1.08 bits per heavy atom. The highest BCUT2D eigenvalue weighted by atomic mass is 19.2. The Hall–Kier alpha value is -5.06. The van der Waals surface area contributed by atoms with Crippen molar-refractivity contribution in [1.82, 2.24) is 26.1 Å². The highest BCUT2D eigenvalue weighted by Gasteiger charge is 2.37. The summed E-state index contributed by atoms with van der Waals surface area (Å²) in [5.74, 6) is -6.65. The summed E-state index contributed by atoms with van der Waals surface area (Å²) < 4.78 is 34.2. The van der Waals surface area contributed by atoms with Crippen LogP contribution in [-0.2, 0) is 44.8 Å². The summed E-state index contributed by atoms with van der Waals surface area (Å²) in [6, 6.07) is -0.192. The number of nitrogens with one attached hydrogen (secondary N) is 3. The van der Waals surface area contributed by atoms with E-state index in [1.54, 1.807) is 32.9 Å². The molecule has 0 aromatic heterocycles. The minimum absolute atomic E-state index is 0.165. The predicted octanol–water partition coefficient (Wildman–Crippen LogP) is 4.59. The van der Waals surface area contributed by atoms with Gasteiger partial charge in [-0.05, 0) is 74.6 Å². The maximum absolute atomic E-state index is 14.3. The van der Waals surface area contributed by atoms with Gasteiger partial charge in [0.25, 0.3) is 11.8 Å². The molecular formula is C44H63F2N5O9. The van der Waals surface area contributed by atoms with Crippen LogP contribution in [0.3, 0.4) is 0 Å². The van der Waals surface area contributed by atoms with Crippen LogP contribution >= 0.6 is 0 Å². The van der Waals surface area contributed by atoms with Crippen molar-refractivity contribution >= 4 is 35.9 Å². The van der Waals surface area contributed by atoms with Gasteiger partial charge in [-0.1, -0.05) is 76.6 Å². The van der Waals surface area contributed by atoms with Gasteiger partial charge in [-0.3, -0.25) is 33.8 Å². The summed E-state index contributed by atoms with van der Waals surface area (Å²) in [6.07, 6.45) is 12.9. The molecule has 1 fully saturated rings. The fourth-order valence-corrected chi connectivity index (χ4v) is 6.55. The third-order valence-corrected chi connectivity index (χ3v) is 10.1. The van der Waals surface area contributed by atoms with Crippen LogP contribution in [0.4, 0.5) is 8.78 Å². The molecule has 2 aliphatic heterocycles. The second kappa shape index (κ2) is 26.2. The molecule has 4 amide bonds.